The van der Waals surface area contributed by atoms with Crippen LogP contribution in [0.2, 0.25) is 0 Å². The molecule has 1 fully saturated rings. The highest BCUT2D eigenvalue weighted by molar-refractivity contribution is 6.00. The maximum Gasteiger partial charge on any atom is 0.123 e. The number of phenolic OH excluding ortho intramolecular Hbond substituents is 1. The molecule has 4 nitrogen and oxygen atoms in total. The van der Waals surface area contributed by atoms with Gasteiger partial charge in [0.25, 0.3) is 0 Å². The first-order chi connectivity index (χ1) is 16.6. The van der Waals surface area contributed by atoms with E-state index in [2.05, 4.69) is 60.0 Å². The summed E-state index contributed by atoms with van der Waals surface area (Å²) in [5, 5.41) is 20.4. The molecule has 0 bridgehead atoms. The molecule has 4 heteroatoms. The van der Waals surface area contributed by atoms with Gasteiger partial charge < -0.3 is 15.1 Å². The number of hydrogen-bond acceptors (Lipinski definition) is 4. The van der Waals surface area contributed by atoms with Gasteiger partial charge in [0.2, 0.25) is 0 Å². The number of para-hydroxylation sites is 1. The molecule has 1 heterocycles. The smallest absolute Gasteiger partial charge is 0.123 e. The number of phenols is 1. The predicted molar refractivity (Wildman–Crippen MR) is 142 cm³/mol. The molecular weight excluding hydrogens is 420 g/mol. The van der Waals surface area contributed by atoms with Crippen molar-refractivity contribution in [2.45, 2.75) is 32.7 Å². The third kappa shape index (κ3) is 5.52. The fourth-order valence-electron chi connectivity index (χ4n) is 4.82. The molecule has 0 saturated carbocycles. The quantitative estimate of drug-likeness (QED) is 0.430. The maximum atomic E-state index is 10.8. The lowest BCUT2D eigenvalue weighted by Crippen LogP contribution is -2.48. The molecule has 3 aromatic rings. The average Bonchev–Trinajstić information content (AvgIpc) is 2.88. The van der Waals surface area contributed by atoms with E-state index in [1.165, 1.54) is 5.69 Å². The number of hydrogen-bond donors (Lipinski definition) is 2. The van der Waals surface area contributed by atoms with Crippen molar-refractivity contribution in [1.29, 1.82) is 0 Å². The fraction of sp³-hybridized carbons (Fsp3) is 0.333. The highest BCUT2D eigenvalue weighted by atomic mass is 16.3. The van der Waals surface area contributed by atoms with Gasteiger partial charge in [0.05, 0.1) is 0 Å². The molecule has 1 aliphatic heterocycles. The van der Waals surface area contributed by atoms with E-state index in [0.717, 1.165) is 60.4 Å². The number of anilines is 1. The second-order valence-electron chi connectivity index (χ2n) is 9.23. The van der Waals surface area contributed by atoms with Crippen LogP contribution in [0, 0.1) is 0 Å². The van der Waals surface area contributed by atoms with Gasteiger partial charge in [-0.3, -0.25) is 4.90 Å². The van der Waals surface area contributed by atoms with Gasteiger partial charge in [-0.1, -0.05) is 60.7 Å². The Morgan fingerprint density at radius 3 is 2.06 bits per heavy atom. The van der Waals surface area contributed by atoms with E-state index in [1.54, 1.807) is 6.07 Å². The third-order valence-electron chi connectivity index (χ3n) is 6.75. The molecule has 0 aliphatic carbocycles. The van der Waals surface area contributed by atoms with Gasteiger partial charge in [-0.2, -0.15) is 0 Å². The minimum absolute atomic E-state index is 0.131. The van der Waals surface area contributed by atoms with Crippen molar-refractivity contribution >= 4 is 16.8 Å². The summed E-state index contributed by atoms with van der Waals surface area (Å²) in [6.45, 7) is 8.89. The van der Waals surface area contributed by atoms with Crippen molar-refractivity contribution in [2.75, 3.05) is 37.7 Å². The van der Waals surface area contributed by atoms with Crippen LogP contribution in [0.5, 0.6) is 5.75 Å². The van der Waals surface area contributed by atoms with Crippen molar-refractivity contribution in [3.63, 3.8) is 0 Å². The van der Waals surface area contributed by atoms with E-state index in [-0.39, 0.29) is 12.4 Å². The molecule has 0 amide bonds. The zero-order valence-corrected chi connectivity index (χ0v) is 20.3. The molecular formula is C30H36N2O2. The van der Waals surface area contributed by atoms with Crippen LogP contribution in [0.15, 0.2) is 78.9 Å². The monoisotopic (exact) mass is 456 g/mol. The third-order valence-corrected chi connectivity index (χ3v) is 6.75. The van der Waals surface area contributed by atoms with Gasteiger partial charge >= 0.3 is 0 Å². The van der Waals surface area contributed by atoms with E-state index in [4.69, 9.17) is 0 Å². The predicted octanol–water partition coefficient (Wildman–Crippen LogP) is 5.65. The Kier molecular flexibility index (Phi) is 8.04. The van der Waals surface area contributed by atoms with E-state index < -0.39 is 0 Å². The van der Waals surface area contributed by atoms with Gasteiger partial charge in [-0.05, 0) is 67.2 Å². The van der Waals surface area contributed by atoms with Crippen molar-refractivity contribution in [2.24, 2.45) is 0 Å². The summed E-state index contributed by atoms with van der Waals surface area (Å²) in [5.74, 6) is 0.267. The average molecular weight is 457 g/mol. The summed E-state index contributed by atoms with van der Waals surface area (Å²) < 4.78 is 0. The molecule has 0 spiro atoms. The molecule has 178 valence electrons. The van der Waals surface area contributed by atoms with E-state index in [0.29, 0.717) is 12.5 Å². The summed E-state index contributed by atoms with van der Waals surface area (Å²) in [6.07, 6.45) is 1.39. The van der Waals surface area contributed by atoms with Gasteiger partial charge in [0, 0.05) is 50.1 Å². The molecule has 4 rings (SSSR count). The number of aliphatic hydroxyl groups is 1. The molecule has 3 aromatic carbocycles. The zero-order chi connectivity index (χ0) is 23.9. The van der Waals surface area contributed by atoms with Crippen LogP contribution >= 0.6 is 0 Å². The molecule has 0 aromatic heterocycles. The Bertz CT molecular complexity index is 1080. The minimum Gasteiger partial charge on any atom is -0.507 e. The first-order valence-electron chi connectivity index (χ1n) is 12.4. The summed E-state index contributed by atoms with van der Waals surface area (Å²) in [7, 11) is 0. The molecule has 0 radical (unpaired) electrons. The first kappa shape index (κ1) is 24.1. The van der Waals surface area contributed by atoms with Crippen LogP contribution in [-0.2, 0) is 0 Å². The summed E-state index contributed by atoms with van der Waals surface area (Å²) in [6, 6.07) is 27.2. The van der Waals surface area contributed by atoms with Crippen molar-refractivity contribution in [3.05, 3.63) is 95.6 Å². The second kappa shape index (κ2) is 11.4. The van der Waals surface area contributed by atoms with Crippen molar-refractivity contribution in [1.82, 2.24) is 4.90 Å². The highest BCUT2D eigenvalue weighted by Gasteiger charge is 2.20. The minimum atomic E-state index is 0.131. The molecule has 0 unspecified atom stereocenters. The molecule has 0 atom stereocenters. The highest BCUT2D eigenvalue weighted by Crippen LogP contribution is 2.39. The Morgan fingerprint density at radius 2 is 1.44 bits per heavy atom. The Hall–Kier alpha value is -3.08. The lowest BCUT2D eigenvalue weighted by atomic mass is 9.87. The van der Waals surface area contributed by atoms with E-state index in [9.17, 15) is 10.2 Å². The summed E-state index contributed by atoms with van der Waals surface area (Å²) in [5.41, 5.74) is 6.40. The number of rotatable bonds is 8. The van der Waals surface area contributed by atoms with Crippen molar-refractivity contribution in [3.8, 4) is 5.75 Å². The Balaban J connectivity index is 1.74. The summed E-state index contributed by atoms with van der Waals surface area (Å²) >= 11 is 0. The number of piperazine rings is 1. The van der Waals surface area contributed by atoms with Crippen LogP contribution < -0.4 is 4.90 Å². The molecule has 2 N–H and O–H groups in total. The van der Waals surface area contributed by atoms with Gasteiger partial charge in [0.15, 0.2) is 0 Å². The second-order valence-corrected chi connectivity index (χ2v) is 9.23. The first-order valence-corrected chi connectivity index (χ1v) is 12.4. The number of nitrogens with zero attached hydrogens (tertiary/aromatic N) is 2. The number of benzene rings is 3. The van der Waals surface area contributed by atoms with Crippen LogP contribution in [0.4, 0.5) is 5.69 Å². The van der Waals surface area contributed by atoms with Gasteiger partial charge in [0.1, 0.15) is 5.75 Å². The van der Waals surface area contributed by atoms with Crippen molar-refractivity contribution < 1.29 is 10.2 Å². The lowest BCUT2D eigenvalue weighted by molar-refractivity contribution is 0.209. The molecule has 34 heavy (non-hydrogen) atoms. The van der Waals surface area contributed by atoms with E-state index in [1.807, 2.05) is 36.4 Å². The normalized spacial score (nSPS) is 15.5. The Labute approximate surface area is 203 Å². The number of allylic oxidation sites excluding steroid dienone is 1. The maximum absolute atomic E-state index is 10.8. The van der Waals surface area contributed by atoms with Gasteiger partial charge in [-0.25, -0.2) is 0 Å². The van der Waals surface area contributed by atoms with Crippen LogP contribution in [0.1, 0.15) is 43.4 Å². The Morgan fingerprint density at radius 1 is 0.794 bits per heavy atom. The topological polar surface area (TPSA) is 46.9 Å². The fourth-order valence-corrected chi connectivity index (χ4v) is 4.82. The molecule has 1 saturated heterocycles. The molecule has 1 aliphatic rings. The largest absolute Gasteiger partial charge is 0.507 e. The zero-order valence-electron chi connectivity index (χ0n) is 20.3. The SMILES string of the molecule is CC(C)N1CCN(c2ccc(C(=C(CCCO)c3ccccc3)c3ccccc3O)cc2)CC1. The number of aliphatic hydroxyl groups excluding tert-OH is 1. The van der Waals surface area contributed by atoms with Gasteiger partial charge in [-0.15, -0.1) is 0 Å². The summed E-state index contributed by atoms with van der Waals surface area (Å²) in [4.78, 5) is 4.98. The lowest BCUT2D eigenvalue weighted by Gasteiger charge is -2.38. The standard InChI is InChI=1S/C30H36N2O2/c1-23(2)31-18-20-32(21-19-31)26-16-14-25(15-17-26)30(28-11-6-7-13-29(28)34)27(12-8-22-33)24-9-4-3-5-10-24/h3-7,9-11,13-17,23,33-34H,8,12,18-22H2,1-2H3. The van der Waals surface area contributed by atoms with Crippen LogP contribution in [0.25, 0.3) is 11.1 Å². The van der Waals surface area contributed by atoms with Crippen LogP contribution in [-0.4, -0.2) is 53.9 Å². The number of aromatic hydroxyl groups is 1. The van der Waals surface area contributed by atoms with E-state index >= 15 is 0 Å². The van der Waals surface area contributed by atoms with Crippen LogP contribution in [0.3, 0.4) is 0 Å².